The molecule has 11 unspecified atom stereocenters. The fourth-order valence-electron chi connectivity index (χ4n) is 10.7. The van der Waals surface area contributed by atoms with Gasteiger partial charge < -0.3 is 38.3 Å². The predicted octanol–water partition coefficient (Wildman–Crippen LogP) is 4.40. The largest absolute Gasteiger partial charge is 0.388 e. The highest BCUT2D eigenvalue weighted by Gasteiger charge is 2.69. The first-order valence-electron chi connectivity index (χ1n) is 22.9. The first-order chi connectivity index (χ1) is 28.9. The van der Waals surface area contributed by atoms with Crippen LogP contribution in [0, 0.1) is 35.0 Å². The number of rotatable bonds is 30. The summed E-state index contributed by atoms with van der Waals surface area (Å²) in [6.45, 7) is 9.80. The van der Waals surface area contributed by atoms with Gasteiger partial charge >= 0.3 is 0 Å². The summed E-state index contributed by atoms with van der Waals surface area (Å²) in [7, 11) is 1.76. The van der Waals surface area contributed by atoms with Crippen LogP contribution in [0.15, 0.2) is 24.3 Å². The molecule has 5 fully saturated rings. The Morgan fingerprint density at radius 3 is 1.85 bits per heavy atom. The number of amides is 4. The zero-order valence-corrected chi connectivity index (χ0v) is 36.4. The maximum Gasteiger partial charge on any atom is 0.236 e. The number of ether oxygens (including phenoxy) is 7. The van der Waals surface area contributed by atoms with Crippen LogP contribution < -0.4 is 0 Å². The third-order valence-corrected chi connectivity index (χ3v) is 13.7. The summed E-state index contributed by atoms with van der Waals surface area (Å²) >= 11 is 0. The molecule has 336 valence electrons. The number of carbonyl (C=O) groups excluding carboxylic acids is 4. The van der Waals surface area contributed by atoms with Crippen molar-refractivity contribution < 1.29 is 57.4 Å². The quantitative estimate of drug-likeness (QED) is 0.0471. The molecular formula is C46H70N2O12. The normalized spacial score (nSPS) is 33.2. The van der Waals surface area contributed by atoms with E-state index in [1.165, 1.54) is 54.7 Å². The van der Waals surface area contributed by atoms with Crippen molar-refractivity contribution >= 4 is 23.6 Å². The highest BCUT2D eigenvalue weighted by atomic mass is 16.6. The minimum atomic E-state index is -1.04. The minimum Gasteiger partial charge on any atom is -0.388 e. The molecule has 7 aliphatic heterocycles. The molecule has 7 rings (SSSR count). The number of aliphatic hydroxyl groups excluding tert-OH is 1. The second-order valence-electron chi connectivity index (χ2n) is 19.4. The van der Waals surface area contributed by atoms with E-state index in [1.54, 1.807) is 7.11 Å². The van der Waals surface area contributed by atoms with E-state index in [-0.39, 0.29) is 75.2 Å². The number of unbranched alkanes of at least 4 members (excludes halogenated alkanes) is 9. The lowest BCUT2D eigenvalue weighted by atomic mass is 9.77. The Kier molecular flexibility index (Phi) is 15.1. The van der Waals surface area contributed by atoms with Gasteiger partial charge in [0.2, 0.25) is 23.6 Å². The van der Waals surface area contributed by atoms with E-state index in [0.717, 1.165) is 25.9 Å². The van der Waals surface area contributed by atoms with Crippen LogP contribution in [0.4, 0.5) is 0 Å². The Labute approximate surface area is 355 Å². The zero-order valence-electron chi connectivity index (χ0n) is 36.4. The molecule has 14 nitrogen and oxygen atoms in total. The van der Waals surface area contributed by atoms with Crippen molar-refractivity contribution in [1.29, 1.82) is 0 Å². The molecule has 0 radical (unpaired) electrons. The second kappa shape index (κ2) is 19.9. The van der Waals surface area contributed by atoms with Crippen molar-refractivity contribution in [2.45, 2.75) is 133 Å². The number of carbonyl (C=O) groups is 4. The van der Waals surface area contributed by atoms with Gasteiger partial charge in [-0.1, -0.05) is 96.4 Å². The third kappa shape index (κ3) is 10.1. The maximum atomic E-state index is 13.9. The fourth-order valence-corrected chi connectivity index (χ4v) is 10.7. The van der Waals surface area contributed by atoms with E-state index in [1.807, 2.05) is 24.3 Å². The molecule has 5 saturated heterocycles. The number of likely N-dealkylation sites (tertiary alicyclic amines) is 2. The Morgan fingerprint density at radius 2 is 1.27 bits per heavy atom. The zero-order chi connectivity index (χ0) is 42.5. The molecule has 4 bridgehead atoms. The van der Waals surface area contributed by atoms with Crippen LogP contribution in [0.25, 0.3) is 0 Å². The molecule has 60 heavy (non-hydrogen) atoms. The first-order valence-corrected chi connectivity index (χ1v) is 22.9. The molecular weight excluding hydrogens is 773 g/mol. The molecule has 0 saturated carbocycles. The Hall–Kier alpha value is -2.56. The van der Waals surface area contributed by atoms with Crippen molar-refractivity contribution in [1.82, 2.24) is 9.80 Å². The molecule has 14 heteroatoms. The molecule has 0 spiro atoms. The topological polar surface area (TPSA) is 163 Å². The standard InChI is InChI=1S/C46H70N2O12/c1-31(23-44(2,3)28-48-41(51)37-35-16-19-46(60-35,39(37)43(48)53)30-57-26-33-27-58-33)17-20-47-40(50)36-34-15-18-45(59-34,38(36)42(47)52)29-56-25-32(49)24-55-22-14-12-10-8-6-5-7-9-11-13-21-54-4/h15-16,18-19,31-39,49H,5-14,17,20-30H2,1-4H3. The van der Waals surface area contributed by atoms with Crippen LogP contribution in [-0.2, 0) is 52.3 Å². The van der Waals surface area contributed by atoms with Gasteiger partial charge in [0, 0.05) is 33.4 Å². The monoisotopic (exact) mass is 842 g/mol. The van der Waals surface area contributed by atoms with Gasteiger partial charge in [-0.3, -0.25) is 29.0 Å². The van der Waals surface area contributed by atoms with Crippen LogP contribution in [0.5, 0.6) is 0 Å². The minimum absolute atomic E-state index is 0.0400. The molecule has 7 heterocycles. The Bertz CT molecular complexity index is 1580. The number of imide groups is 2. The van der Waals surface area contributed by atoms with Gasteiger partial charge in [-0.2, -0.15) is 0 Å². The summed E-state index contributed by atoms with van der Waals surface area (Å²) in [5.74, 6) is -3.17. The highest BCUT2D eigenvalue weighted by molar-refractivity contribution is 6.08. The fraction of sp³-hybridized carbons (Fsp3) is 0.826. The molecule has 0 aromatic heterocycles. The lowest BCUT2D eigenvalue weighted by molar-refractivity contribution is -0.149. The number of methoxy groups -OCH3 is 1. The van der Waals surface area contributed by atoms with Crippen LogP contribution >= 0.6 is 0 Å². The molecule has 0 aromatic rings. The highest BCUT2D eigenvalue weighted by Crippen LogP contribution is 2.54. The average Bonchev–Trinajstić information content (AvgIpc) is 3.50. The van der Waals surface area contributed by atoms with Gasteiger partial charge in [-0.05, 0) is 37.0 Å². The summed E-state index contributed by atoms with van der Waals surface area (Å²) in [6, 6.07) is 0. The number of nitrogens with zero attached hydrogens (tertiary/aromatic N) is 2. The maximum absolute atomic E-state index is 13.9. The van der Waals surface area contributed by atoms with Crippen molar-refractivity contribution in [3.63, 3.8) is 0 Å². The van der Waals surface area contributed by atoms with E-state index in [2.05, 4.69) is 20.8 Å². The molecule has 0 aromatic carbocycles. The average molecular weight is 843 g/mol. The van der Waals surface area contributed by atoms with Gasteiger partial charge in [-0.15, -0.1) is 0 Å². The predicted molar refractivity (Wildman–Crippen MR) is 219 cm³/mol. The lowest BCUT2D eigenvalue weighted by Crippen LogP contribution is -2.46. The van der Waals surface area contributed by atoms with Gasteiger partial charge in [0.05, 0.1) is 75.5 Å². The number of hydrogen-bond acceptors (Lipinski definition) is 12. The van der Waals surface area contributed by atoms with Crippen molar-refractivity contribution in [3.05, 3.63) is 24.3 Å². The molecule has 1 N–H and O–H groups in total. The summed E-state index contributed by atoms with van der Waals surface area (Å²) in [6.07, 6.45) is 19.2. The van der Waals surface area contributed by atoms with E-state index >= 15 is 0 Å². The van der Waals surface area contributed by atoms with Gasteiger partial charge in [-0.25, -0.2) is 0 Å². The van der Waals surface area contributed by atoms with E-state index in [0.29, 0.717) is 32.7 Å². The number of hydrogen-bond donors (Lipinski definition) is 1. The molecule has 11 atom stereocenters. The first kappa shape index (κ1) is 45.5. The Morgan fingerprint density at radius 1 is 0.750 bits per heavy atom. The molecule has 7 aliphatic rings. The van der Waals surface area contributed by atoms with Crippen LogP contribution in [0.2, 0.25) is 0 Å². The van der Waals surface area contributed by atoms with Crippen molar-refractivity contribution in [2.24, 2.45) is 35.0 Å². The second-order valence-corrected chi connectivity index (χ2v) is 19.4. The lowest BCUT2D eigenvalue weighted by Gasteiger charge is -2.34. The summed E-state index contributed by atoms with van der Waals surface area (Å²) in [4.78, 5) is 57.9. The third-order valence-electron chi connectivity index (χ3n) is 13.7. The molecule has 4 amide bonds. The Balaban J connectivity index is 0.791. The molecule has 0 aliphatic carbocycles. The van der Waals surface area contributed by atoms with Gasteiger partial charge in [0.1, 0.15) is 23.4 Å². The van der Waals surface area contributed by atoms with Crippen LogP contribution in [0.1, 0.15) is 97.8 Å². The van der Waals surface area contributed by atoms with Crippen LogP contribution in [0.3, 0.4) is 0 Å². The smallest absolute Gasteiger partial charge is 0.236 e. The van der Waals surface area contributed by atoms with Crippen molar-refractivity contribution in [2.75, 3.05) is 73.1 Å². The van der Waals surface area contributed by atoms with Gasteiger partial charge in [0.15, 0.2) is 0 Å². The number of epoxide rings is 1. The van der Waals surface area contributed by atoms with Gasteiger partial charge in [0.25, 0.3) is 0 Å². The SMILES string of the molecule is COCCCCCCCCCCCCOCC(O)COCC12C=CC(O1)C1C(=O)N(CCC(C)CC(C)(C)CN3C(=O)C4C5C=CC(COCC6CO6)(O5)C4C3=O)C(=O)C12. The van der Waals surface area contributed by atoms with E-state index < -0.39 is 58.6 Å². The van der Waals surface area contributed by atoms with E-state index in [4.69, 9.17) is 33.2 Å². The number of aliphatic hydroxyl groups is 1. The summed E-state index contributed by atoms with van der Waals surface area (Å²) < 4.78 is 40.3. The van der Waals surface area contributed by atoms with Crippen LogP contribution in [-0.4, -0.2) is 147 Å². The summed E-state index contributed by atoms with van der Waals surface area (Å²) in [5, 5.41) is 10.5. The summed E-state index contributed by atoms with van der Waals surface area (Å²) in [5.41, 5.74) is -2.38. The van der Waals surface area contributed by atoms with E-state index in [9.17, 15) is 24.3 Å². The van der Waals surface area contributed by atoms with Crippen molar-refractivity contribution in [3.8, 4) is 0 Å². The number of fused-ring (bicyclic) bond motifs is 10.